The minimum atomic E-state index is -0.548. The van der Waals surface area contributed by atoms with Gasteiger partial charge in [-0.15, -0.1) is 12.4 Å². The fourth-order valence-corrected chi connectivity index (χ4v) is 6.44. The number of aromatic nitrogens is 4. The van der Waals surface area contributed by atoms with Crippen molar-refractivity contribution in [3.63, 3.8) is 0 Å². The molecule has 56 heavy (non-hydrogen) atoms. The van der Waals surface area contributed by atoms with Crippen LogP contribution >= 0.6 is 12.4 Å². The molecular weight excluding hydrogens is 736 g/mol. The second kappa shape index (κ2) is 17.9. The second-order valence-electron chi connectivity index (χ2n) is 14.8. The number of halogens is 1. The van der Waals surface area contributed by atoms with Gasteiger partial charge in [0.2, 0.25) is 0 Å². The number of hydrogen-bond acceptors (Lipinski definition) is 13. The number of nitrogens with one attached hydrogen (secondary N) is 1. The molecule has 296 valence electrons. The van der Waals surface area contributed by atoms with Crippen molar-refractivity contribution in [2.75, 3.05) is 62.3 Å². The van der Waals surface area contributed by atoms with E-state index in [2.05, 4.69) is 48.0 Å². The average molecular weight is 785 g/mol. The van der Waals surface area contributed by atoms with Crippen LogP contribution in [0.5, 0.6) is 11.5 Å². The number of anilines is 2. The van der Waals surface area contributed by atoms with Gasteiger partial charge in [0.05, 0.1) is 24.5 Å². The third-order valence-corrected chi connectivity index (χ3v) is 9.19. The average Bonchev–Trinajstić information content (AvgIpc) is 3.80. The van der Waals surface area contributed by atoms with E-state index >= 15 is 0 Å². The molecular formula is C41H49ClN8O6. The fourth-order valence-electron chi connectivity index (χ4n) is 6.44. The standard InChI is InChI=1S/C23H28N4O4.C18H20N4O2.ClH/c1-16-7-8-19-20(12-16)30-21(25-19)27-11-10-26(22(28)31-23(2,3)4)14-17(27)15-29-18-6-5-9-24-13-18;1-13-4-5-16-17(9-13)24-18(21-16)22-8-7-20-10-14(22)12-23-15-3-2-6-19-11-15;/h5-9,12-13,17H,10-11,14-15H2,1-4H3;2-6,9,11,14,20H,7-8,10,12H2,1H3;1H. The summed E-state index contributed by atoms with van der Waals surface area (Å²) in [5, 5.41) is 3.41. The smallest absolute Gasteiger partial charge is 0.410 e. The van der Waals surface area contributed by atoms with Crippen molar-refractivity contribution in [3.05, 3.63) is 96.6 Å². The lowest BCUT2D eigenvalue weighted by Crippen LogP contribution is -2.57. The number of aryl methyl sites for hydroxylation is 2. The minimum Gasteiger partial charge on any atom is -0.490 e. The molecule has 0 radical (unpaired) electrons. The number of oxazole rings is 2. The van der Waals surface area contributed by atoms with E-state index in [9.17, 15) is 4.79 Å². The summed E-state index contributed by atoms with van der Waals surface area (Å²) in [6.07, 6.45) is 6.50. The monoisotopic (exact) mass is 784 g/mol. The van der Waals surface area contributed by atoms with Crippen LogP contribution in [0.25, 0.3) is 22.2 Å². The molecule has 6 heterocycles. The summed E-state index contributed by atoms with van der Waals surface area (Å²) in [6.45, 7) is 14.7. The number of carbonyl (C=O) groups excluding carboxylic acids is 1. The second-order valence-corrected chi connectivity index (χ2v) is 14.8. The molecule has 4 aromatic heterocycles. The van der Waals surface area contributed by atoms with Gasteiger partial charge in [0.1, 0.15) is 41.3 Å². The highest BCUT2D eigenvalue weighted by Gasteiger charge is 2.35. The molecule has 2 unspecified atom stereocenters. The SMILES string of the molecule is Cc1ccc2nc(N3CCN(C(=O)OC(C)(C)C)CC3COc3cccnc3)oc2c1.Cc1ccc2nc(N3CCNCC3COc3cccnc3)oc2c1.Cl. The molecule has 0 bridgehead atoms. The molecule has 6 aromatic rings. The number of fused-ring (bicyclic) bond motifs is 2. The van der Waals surface area contributed by atoms with Gasteiger partial charge in [-0.1, -0.05) is 12.1 Å². The predicted octanol–water partition coefficient (Wildman–Crippen LogP) is 6.85. The van der Waals surface area contributed by atoms with Crippen molar-refractivity contribution in [3.8, 4) is 11.5 Å². The van der Waals surface area contributed by atoms with Gasteiger partial charge in [0.15, 0.2) is 11.2 Å². The third-order valence-electron chi connectivity index (χ3n) is 9.19. The number of benzene rings is 2. The van der Waals surface area contributed by atoms with Crippen LogP contribution in [0.2, 0.25) is 0 Å². The molecule has 2 fully saturated rings. The number of rotatable bonds is 8. The van der Waals surface area contributed by atoms with E-state index in [4.69, 9.17) is 23.0 Å². The lowest BCUT2D eigenvalue weighted by atomic mass is 10.2. The van der Waals surface area contributed by atoms with Crippen LogP contribution in [0, 0.1) is 13.8 Å². The largest absolute Gasteiger partial charge is 0.490 e. The number of hydrogen-bond donors (Lipinski definition) is 1. The zero-order valence-corrected chi connectivity index (χ0v) is 33.2. The molecule has 15 heteroatoms. The van der Waals surface area contributed by atoms with Gasteiger partial charge < -0.3 is 43.1 Å². The lowest BCUT2D eigenvalue weighted by molar-refractivity contribution is 0.0198. The first-order chi connectivity index (χ1) is 26.6. The summed E-state index contributed by atoms with van der Waals surface area (Å²) in [5.41, 5.74) is 5.01. The fraction of sp³-hybridized carbons (Fsp3) is 0.390. The Bertz CT molecular complexity index is 2180. The Kier molecular flexibility index (Phi) is 12.8. The minimum absolute atomic E-state index is 0. The number of amides is 1. The highest BCUT2D eigenvalue weighted by molar-refractivity contribution is 5.85. The topological polar surface area (TPSA) is 144 Å². The van der Waals surface area contributed by atoms with Gasteiger partial charge in [-0.3, -0.25) is 9.97 Å². The summed E-state index contributed by atoms with van der Waals surface area (Å²) in [6, 6.07) is 20.7. The maximum Gasteiger partial charge on any atom is 0.410 e. The molecule has 2 aliphatic heterocycles. The van der Waals surface area contributed by atoms with Crippen LogP contribution in [0.15, 0.2) is 94.3 Å². The number of nitrogens with zero attached hydrogens (tertiary/aromatic N) is 7. The van der Waals surface area contributed by atoms with Crippen molar-refractivity contribution < 1.29 is 27.8 Å². The molecule has 2 aliphatic rings. The van der Waals surface area contributed by atoms with Crippen molar-refractivity contribution in [1.29, 1.82) is 0 Å². The molecule has 2 aromatic carbocycles. The molecule has 1 amide bonds. The maximum absolute atomic E-state index is 12.7. The summed E-state index contributed by atoms with van der Waals surface area (Å²) >= 11 is 0. The summed E-state index contributed by atoms with van der Waals surface area (Å²) in [5.74, 6) is 1.45. The Labute approximate surface area is 332 Å². The molecule has 1 N–H and O–H groups in total. The van der Waals surface area contributed by atoms with Crippen LogP contribution < -0.4 is 24.6 Å². The number of pyridine rings is 2. The maximum atomic E-state index is 12.7. The van der Waals surface area contributed by atoms with E-state index in [1.807, 2.05) is 82.3 Å². The first-order valence-corrected chi connectivity index (χ1v) is 18.6. The summed E-state index contributed by atoms with van der Waals surface area (Å²) in [7, 11) is 0. The van der Waals surface area contributed by atoms with Crippen molar-refractivity contribution in [2.24, 2.45) is 0 Å². The van der Waals surface area contributed by atoms with Crippen molar-refractivity contribution in [1.82, 2.24) is 30.2 Å². The molecule has 14 nitrogen and oxygen atoms in total. The lowest BCUT2D eigenvalue weighted by Gasteiger charge is -2.40. The Morgan fingerprint density at radius 2 is 1.34 bits per heavy atom. The van der Waals surface area contributed by atoms with Gasteiger partial charge in [0.25, 0.3) is 12.0 Å². The summed E-state index contributed by atoms with van der Waals surface area (Å²) in [4.78, 5) is 36.1. The molecule has 0 saturated carbocycles. The van der Waals surface area contributed by atoms with Crippen LogP contribution in [-0.2, 0) is 4.74 Å². The van der Waals surface area contributed by atoms with E-state index in [1.165, 1.54) is 5.56 Å². The van der Waals surface area contributed by atoms with E-state index < -0.39 is 5.60 Å². The zero-order valence-electron chi connectivity index (χ0n) is 32.4. The Hall–Kier alpha value is -5.60. The van der Waals surface area contributed by atoms with E-state index in [-0.39, 0.29) is 30.6 Å². The molecule has 0 spiro atoms. The predicted molar refractivity (Wildman–Crippen MR) is 217 cm³/mol. The molecule has 2 saturated heterocycles. The first kappa shape index (κ1) is 40.1. The van der Waals surface area contributed by atoms with Crippen LogP contribution in [-0.4, -0.2) is 101 Å². The van der Waals surface area contributed by atoms with Crippen molar-refractivity contribution in [2.45, 2.75) is 52.3 Å². The Morgan fingerprint density at radius 3 is 1.88 bits per heavy atom. The first-order valence-electron chi connectivity index (χ1n) is 18.6. The molecule has 8 rings (SSSR count). The summed E-state index contributed by atoms with van der Waals surface area (Å²) < 4.78 is 29.5. The Balaban J connectivity index is 0.000000192. The normalized spacial score (nSPS) is 17.2. The number of ether oxygens (including phenoxy) is 3. The van der Waals surface area contributed by atoms with Gasteiger partial charge in [-0.25, -0.2) is 4.79 Å². The number of carbonyl (C=O) groups is 1. The van der Waals surface area contributed by atoms with Gasteiger partial charge in [0, 0.05) is 51.7 Å². The van der Waals surface area contributed by atoms with Gasteiger partial charge in [-0.05, 0) is 94.3 Å². The Morgan fingerprint density at radius 1 is 0.786 bits per heavy atom. The highest BCUT2D eigenvalue weighted by atomic mass is 35.5. The van der Waals surface area contributed by atoms with Crippen molar-refractivity contribution >= 4 is 52.7 Å². The van der Waals surface area contributed by atoms with E-state index in [0.29, 0.717) is 50.6 Å². The van der Waals surface area contributed by atoms with Gasteiger partial charge >= 0.3 is 6.09 Å². The zero-order chi connectivity index (χ0) is 38.4. The van der Waals surface area contributed by atoms with E-state index in [1.54, 1.807) is 29.7 Å². The third kappa shape index (κ3) is 10.2. The molecule has 2 atom stereocenters. The number of piperazine rings is 2. The van der Waals surface area contributed by atoms with Crippen LogP contribution in [0.1, 0.15) is 31.9 Å². The quantitative estimate of drug-likeness (QED) is 0.172. The molecule has 0 aliphatic carbocycles. The van der Waals surface area contributed by atoms with E-state index in [0.717, 1.165) is 53.1 Å². The van der Waals surface area contributed by atoms with Gasteiger partial charge in [-0.2, -0.15) is 9.97 Å². The van der Waals surface area contributed by atoms with Crippen LogP contribution in [0.3, 0.4) is 0 Å². The highest BCUT2D eigenvalue weighted by Crippen LogP contribution is 2.28. The van der Waals surface area contributed by atoms with Crippen LogP contribution in [0.4, 0.5) is 16.8 Å².